The van der Waals surface area contributed by atoms with Crippen molar-refractivity contribution in [1.29, 1.82) is 0 Å². The molecule has 0 spiro atoms. The molecule has 0 aliphatic heterocycles. The highest BCUT2D eigenvalue weighted by atomic mass is 32.2. The number of sulfonamides is 1. The lowest BCUT2D eigenvalue weighted by molar-refractivity contribution is 0.571. The van der Waals surface area contributed by atoms with Crippen LogP contribution in [0.1, 0.15) is 31.7 Å². The second-order valence-electron chi connectivity index (χ2n) is 6.40. The van der Waals surface area contributed by atoms with Gasteiger partial charge in [-0.05, 0) is 42.2 Å². The first-order chi connectivity index (χ1) is 12.0. The maximum Gasteiger partial charge on any atom is 0.240 e. The lowest BCUT2D eigenvalue weighted by Gasteiger charge is -2.09. The third kappa shape index (κ3) is 4.08. The number of nitrogens with one attached hydrogen (secondary N) is 1. The zero-order chi connectivity index (χ0) is 17.9. The van der Waals surface area contributed by atoms with Crippen LogP contribution in [0.25, 0.3) is 11.0 Å². The molecule has 0 aliphatic rings. The number of hydrogen-bond donors (Lipinski definition) is 1. The fourth-order valence-electron chi connectivity index (χ4n) is 2.76. The third-order valence-corrected chi connectivity index (χ3v) is 5.73. The van der Waals surface area contributed by atoms with Crippen LogP contribution in [0.3, 0.4) is 0 Å². The Morgan fingerprint density at radius 3 is 2.52 bits per heavy atom. The summed E-state index contributed by atoms with van der Waals surface area (Å²) >= 11 is 0. The predicted molar refractivity (Wildman–Crippen MR) is 100 cm³/mol. The van der Waals surface area contributed by atoms with Crippen molar-refractivity contribution in [2.24, 2.45) is 0 Å². The average molecular weight is 357 g/mol. The Labute approximate surface area is 148 Å². The van der Waals surface area contributed by atoms with E-state index in [1.54, 1.807) is 18.5 Å². The summed E-state index contributed by atoms with van der Waals surface area (Å²) < 4.78 is 29.4. The Morgan fingerprint density at radius 1 is 1.08 bits per heavy atom. The van der Waals surface area contributed by atoms with Crippen LogP contribution in [0.15, 0.2) is 59.8 Å². The number of imidazole rings is 1. The summed E-state index contributed by atoms with van der Waals surface area (Å²) in [6.07, 6.45) is 2.49. The van der Waals surface area contributed by atoms with E-state index in [-0.39, 0.29) is 0 Å². The lowest BCUT2D eigenvalue weighted by atomic mass is 10.0. The van der Waals surface area contributed by atoms with Gasteiger partial charge < -0.3 is 4.57 Å². The quantitative estimate of drug-likeness (QED) is 0.658. The van der Waals surface area contributed by atoms with Crippen LogP contribution < -0.4 is 4.72 Å². The maximum absolute atomic E-state index is 12.4. The molecule has 0 saturated heterocycles. The fraction of sp³-hybridized carbons (Fsp3) is 0.316. The molecule has 0 saturated carbocycles. The Balaban J connectivity index is 1.57. The van der Waals surface area contributed by atoms with Crippen molar-refractivity contribution in [1.82, 2.24) is 14.3 Å². The van der Waals surface area contributed by atoms with Crippen LogP contribution in [0.4, 0.5) is 0 Å². The predicted octanol–water partition coefficient (Wildman–Crippen LogP) is 3.53. The normalized spacial score (nSPS) is 12.1. The van der Waals surface area contributed by atoms with Crippen LogP contribution in [0.5, 0.6) is 0 Å². The number of aryl methyl sites for hydroxylation is 1. The molecule has 3 rings (SSSR count). The number of hydrogen-bond acceptors (Lipinski definition) is 3. The summed E-state index contributed by atoms with van der Waals surface area (Å²) in [5.74, 6) is 0.384. The summed E-state index contributed by atoms with van der Waals surface area (Å²) in [6.45, 7) is 5.28. The van der Waals surface area contributed by atoms with Gasteiger partial charge in [-0.15, -0.1) is 0 Å². The highest BCUT2D eigenvalue weighted by molar-refractivity contribution is 7.89. The standard InChI is InChI=1S/C19H23N3O2S/c1-15(2)16-8-10-17(11-9-16)25(23,24)21-12-5-13-22-14-20-18-6-3-4-7-19(18)22/h3-4,6-11,14-15,21H,5,12-13H2,1-2H3. The van der Waals surface area contributed by atoms with E-state index in [1.165, 1.54) is 0 Å². The Morgan fingerprint density at radius 2 is 1.80 bits per heavy atom. The summed E-state index contributed by atoms with van der Waals surface area (Å²) in [5.41, 5.74) is 3.15. The van der Waals surface area contributed by atoms with E-state index >= 15 is 0 Å². The minimum atomic E-state index is -3.46. The van der Waals surface area contributed by atoms with E-state index in [0.717, 1.165) is 23.1 Å². The van der Waals surface area contributed by atoms with E-state index in [0.29, 0.717) is 23.8 Å². The zero-order valence-corrected chi connectivity index (χ0v) is 15.3. The van der Waals surface area contributed by atoms with E-state index in [2.05, 4.69) is 23.6 Å². The number of fused-ring (bicyclic) bond motifs is 1. The molecule has 1 N–H and O–H groups in total. The summed E-state index contributed by atoms with van der Waals surface area (Å²) in [6, 6.07) is 15.0. The molecule has 0 amide bonds. The molecular weight excluding hydrogens is 334 g/mol. The molecule has 0 radical (unpaired) electrons. The zero-order valence-electron chi connectivity index (χ0n) is 14.5. The molecule has 2 aromatic carbocycles. The Hall–Kier alpha value is -2.18. The first-order valence-electron chi connectivity index (χ1n) is 8.47. The van der Waals surface area contributed by atoms with Crippen LogP contribution >= 0.6 is 0 Å². The molecule has 1 aromatic heterocycles. The molecule has 5 nitrogen and oxygen atoms in total. The molecule has 0 fully saturated rings. The molecule has 132 valence electrons. The number of rotatable bonds is 7. The summed E-state index contributed by atoms with van der Waals surface area (Å²) in [7, 11) is -3.46. The molecular formula is C19H23N3O2S. The second kappa shape index (κ2) is 7.37. The second-order valence-corrected chi connectivity index (χ2v) is 8.17. The van der Waals surface area contributed by atoms with Crippen molar-refractivity contribution in [2.75, 3.05) is 6.54 Å². The third-order valence-electron chi connectivity index (χ3n) is 4.25. The number of nitrogens with zero attached hydrogens (tertiary/aromatic N) is 2. The molecule has 6 heteroatoms. The van der Waals surface area contributed by atoms with Crippen molar-refractivity contribution in [3.8, 4) is 0 Å². The molecule has 1 heterocycles. The van der Waals surface area contributed by atoms with Gasteiger partial charge in [0.15, 0.2) is 0 Å². The first kappa shape index (κ1) is 17.6. The van der Waals surface area contributed by atoms with E-state index in [9.17, 15) is 8.42 Å². The molecule has 25 heavy (non-hydrogen) atoms. The van der Waals surface area contributed by atoms with Gasteiger partial charge in [0.05, 0.1) is 22.3 Å². The average Bonchev–Trinajstić information content (AvgIpc) is 3.02. The van der Waals surface area contributed by atoms with Crippen molar-refractivity contribution in [3.05, 3.63) is 60.4 Å². The minimum Gasteiger partial charge on any atom is -0.331 e. The van der Waals surface area contributed by atoms with E-state index < -0.39 is 10.0 Å². The van der Waals surface area contributed by atoms with Crippen LogP contribution in [-0.4, -0.2) is 24.5 Å². The Bertz CT molecular complexity index is 944. The minimum absolute atomic E-state index is 0.310. The van der Waals surface area contributed by atoms with Gasteiger partial charge in [0, 0.05) is 13.1 Å². The van der Waals surface area contributed by atoms with Crippen molar-refractivity contribution < 1.29 is 8.42 Å². The van der Waals surface area contributed by atoms with E-state index in [1.807, 2.05) is 41.0 Å². The largest absolute Gasteiger partial charge is 0.331 e. The van der Waals surface area contributed by atoms with Crippen LogP contribution in [0.2, 0.25) is 0 Å². The number of benzene rings is 2. The highest BCUT2D eigenvalue weighted by Crippen LogP contribution is 2.17. The van der Waals surface area contributed by atoms with Gasteiger partial charge in [-0.3, -0.25) is 0 Å². The van der Waals surface area contributed by atoms with E-state index in [4.69, 9.17) is 0 Å². The number of aromatic nitrogens is 2. The SMILES string of the molecule is CC(C)c1ccc(S(=O)(=O)NCCCn2cnc3ccccc32)cc1. The van der Waals surface area contributed by atoms with Gasteiger partial charge in [0.1, 0.15) is 0 Å². The molecule has 0 aliphatic carbocycles. The van der Waals surface area contributed by atoms with Gasteiger partial charge in [-0.1, -0.05) is 38.1 Å². The molecule has 0 bridgehead atoms. The fourth-order valence-corrected chi connectivity index (χ4v) is 3.83. The Kier molecular flexibility index (Phi) is 5.20. The summed E-state index contributed by atoms with van der Waals surface area (Å²) in [5, 5.41) is 0. The van der Waals surface area contributed by atoms with Gasteiger partial charge in [-0.25, -0.2) is 18.1 Å². The smallest absolute Gasteiger partial charge is 0.240 e. The van der Waals surface area contributed by atoms with Crippen molar-refractivity contribution >= 4 is 21.1 Å². The van der Waals surface area contributed by atoms with Crippen LogP contribution in [-0.2, 0) is 16.6 Å². The maximum atomic E-state index is 12.4. The van der Waals surface area contributed by atoms with Gasteiger partial charge in [-0.2, -0.15) is 0 Å². The molecule has 3 aromatic rings. The van der Waals surface area contributed by atoms with Crippen molar-refractivity contribution in [2.45, 2.75) is 37.6 Å². The monoisotopic (exact) mass is 357 g/mol. The molecule has 0 unspecified atom stereocenters. The van der Waals surface area contributed by atoms with Gasteiger partial charge in [0.25, 0.3) is 0 Å². The first-order valence-corrected chi connectivity index (χ1v) is 9.95. The topological polar surface area (TPSA) is 64.0 Å². The molecule has 0 atom stereocenters. The van der Waals surface area contributed by atoms with Crippen molar-refractivity contribution in [3.63, 3.8) is 0 Å². The lowest BCUT2D eigenvalue weighted by Crippen LogP contribution is -2.25. The van der Waals surface area contributed by atoms with Crippen LogP contribution in [0, 0.1) is 0 Å². The summed E-state index contributed by atoms with van der Waals surface area (Å²) in [4.78, 5) is 4.65. The number of para-hydroxylation sites is 2. The highest BCUT2D eigenvalue weighted by Gasteiger charge is 2.13. The van der Waals surface area contributed by atoms with Gasteiger partial charge >= 0.3 is 0 Å². The van der Waals surface area contributed by atoms with Gasteiger partial charge in [0.2, 0.25) is 10.0 Å².